The van der Waals surface area contributed by atoms with E-state index in [-0.39, 0.29) is 30.5 Å². The Hall–Kier alpha value is -2.96. The number of benzene rings is 2. The molecule has 144 valence electrons. The first-order valence-corrected chi connectivity index (χ1v) is 8.61. The summed E-state index contributed by atoms with van der Waals surface area (Å²) in [4.78, 5) is 24.0. The van der Waals surface area contributed by atoms with Crippen LogP contribution in [0.3, 0.4) is 0 Å². The Morgan fingerprint density at radius 2 is 1.81 bits per heavy atom. The van der Waals surface area contributed by atoms with Crippen LogP contribution in [0.15, 0.2) is 42.5 Å². The zero-order chi connectivity index (χ0) is 19.8. The highest BCUT2D eigenvalue weighted by Crippen LogP contribution is 2.20. The topological polar surface area (TPSA) is 67.4 Å². The summed E-state index contributed by atoms with van der Waals surface area (Å²) >= 11 is 0. The fraction of sp³-hybridized carbons (Fsp3) is 0.300. The molecule has 0 aliphatic heterocycles. The van der Waals surface area contributed by atoms with Crippen molar-refractivity contribution >= 4 is 11.8 Å². The lowest BCUT2D eigenvalue weighted by molar-refractivity contribution is -0.121. The van der Waals surface area contributed by atoms with Crippen molar-refractivity contribution in [2.75, 3.05) is 13.7 Å². The molecule has 0 spiro atoms. The number of methoxy groups -OCH3 is 1. The molecule has 2 amide bonds. The normalized spacial score (nSPS) is 11.6. The van der Waals surface area contributed by atoms with Gasteiger partial charge in [0.15, 0.2) is 0 Å². The van der Waals surface area contributed by atoms with Gasteiger partial charge < -0.3 is 15.4 Å². The van der Waals surface area contributed by atoms with Crippen LogP contribution in [0.25, 0.3) is 0 Å². The van der Waals surface area contributed by atoms with Gasteiger partial charge in [0.05, 0.1) is 18.7 Å². The van der Waals surface area contributed by atoms with Gasteiger partial charge in [-0.3, -0.25) is 9.59 Å². The minimum absolute atomic E-state index is 0.0422. The fourth-order valence-corrected chi connectivity index (χ4v) is 2.58. The van der Waals surface area contributed by atoms with E-state index in [0.717, 1.165) is 23.4 Å². The van der Waals surface area contributed by atoms with Crippen molar-refractivity contribution in [1.29, 1.82) is 0 Å². The van der Waals surface area contributed by atoms with E-state index in [9.17, 15) is 18.4 Å². The van der Waals surface area contributed by atoms with Gasteiger partial charge in [0, 0.05) is 19.0 Å². The van der Waals surface area contributed by atoms with Gasteiger partial charge in [-0.1, -0.05) is 19.1 Å². The van der Waals surface area contributed by atoms with Crippen LogP contribution in [0.5, 0.6) is 5.75 Å². The van der Waals surface area contributed by atoms with Crippen molar-refractivity contribution < 1.29 is 23.1 Å². The fourth-order valence-electron chi connectivity index (χ4n) is 2.58. The van der Waals surface area contributed by atoms with Gasteiger partial charge in [-0.05, 0) is 36.2 Å². The summed E-state index contributed by atoms with van der Waals surface area (Å²) < 4.78 is 31.5. The van der Waals surface area contributed by atoms with Gasteiger partial charge in [-0.25, -0.2) is 8.78 Å². The number of rotatable bonds is 8. The molecule has 0 saturated heterocycles. The van der Waals surface area contributed by atoms with Crippen LogP contribution in [0.1, 0.15) is 41.7 Å². The number of nitrogens with one attached hydrogen (secondary N) is 2. The first-order chi connectivity index (χ1) is 12.9. The molecule has 0 aliphatic rings. The molecule has 2 rings (SSSR count). The Morgan fingerprint density at radius 3 is 2.41 bits per heavy atom. The summed E-state index contributed by atoms with van der Waals surface area (Å²) in [5.41, 5.74) is 0.686. The molecule has 0 bridgehead atoms. The van der Waals surface area contributed by atoms with Crippen molar-refractivity contribution in [1.82, 2.24) is 10.6 Å². The van der Waals surface area contributed by atoms with E-state index in [1.165, 1.54) is 0 Å². The average Bonchev–Trinajstić information content (AvgIpc) is 2.66. The first-order valence-electron chi connectivity index (χ1n) is 8.61. The predicted molar refractivity (Wildman–Crippen MR) is 97.5 cm³/mol. The zero-order valence-corrected chi connectivity index (χ0v) is 15.2. The molecule has 0 heterocycles. The first kappa shape index (κ1) is 20.4. The van der Waals surface area contributed by atoms with E-state index in [2.05, 4.69) is 10.6 Å². The maximum atomic E-state index is 13.6. The SMILES string of the molecule is CCC(NC(=O)CCNC(=O)c1ccc(F)cc1F)c1ccc(OC)cc1. The second-order valence-electron chi connectivity index (χ2n) is 5.93. The van der Waals surface area contributed by atoms with E-state index >= 15 is 0 Å². The summed E-state index contributed by atoms with van der Waals surface area (Å²) in [5, 5.41) is 5.36. The second kappa shape index (κ2) is 9.66. The van der Waals surface area contributed by atoms with Crippen LogP contribution in [0.4, 0.5) is 8.78 Å². The predicted octanol–water partition coefficient (Wildman–Crippen LogP) is 3.36. The molecule has 0 aliphatic carbocycles. The number of amides is 2. The molecular weight excluding hydrogens is 354 g/mol. The largest absolute Gasteiger partial charge is 0.497 e. The molecule has 2 N–H and O–H groups in total. The third-order valence-corrected chi connectivity index (χ3v) is 4.08. The van der Waals surface area contributed by atoms with Crippen molar-refractivity contribution in [2.45, 2.75) is 25.8 Å². The van der Waals surface area contributed by atoms with Crippen LogP contribution in [0.2, 0.25) is 0 Å². The van der Waals surface area contributed by atoms with Gasteiger partial charge >= 0.3 is 0 Å². The Balaban J connectivity index is 1.84. The lowest BCUT2D eigenvalue weighted by Crippen LogP contribution is -2.33. The minimum atomic E-state index is -0.942. The number of ether oxygens (including phenoxy) is 1. The molecule has 2 aromatic rings. The van der Waals surface area contributed by atoms with E-state index in [1.807, 2.05) is 31.2 Å². The number of hydrogen-bond acceptors (Lipinski definition) is 3. The molecule has 0 saturated carbocycles. The Morgan fingerprint density at radius 1 is 1.11 bits per heavy atom. The smallest absolute Gasteiger partial charge is 0.254 e. The Labute approximate surface area is 156 Å². The van der Waals surface area contributed by atoms with Gasteiger partial charge in [0.25, 0.3) is 5.91 Å². The molecule has 0 aromatic heterocycles. The highest BCUT2D eigenvalue weighted by molar-refractivity contribution is 5.94. The molecular formula is C20H22F2N2O3. The van der Waals surface area contributed by atoms with Crippen LogP contribution >= 0.6 is 0 Å². The van der Waals surface area contributed by atoms with Crippen molar-refractivity contribution in [2.24, 2.45) is 0 Å². The molecule has 7 heteroatoms. The Bertz CT molecular complexity index is 794. The number of halogens is 2. The van der Waals surface area contributed by atoms with Crippen LogP contribution < -0.4 is 15.4 Å². The number of carbonyl (C=O) groups is 2. The second-order valence-corrected chi connectivity index (χ2v) is 5.93. The van der Waals surface area contributed by atoms with E-state index in [0.29, 0.717) is 12.5 Å². The summed E-state index contributed by atoms with van der Waals surface area (Å²) in [7, 11) is 1.58. The third-order valence-electron chi connectivity index (χ3n) is 4.08. The van der Waals surface area contributed by atoms with Gasteiger partial charge in [-0.15, -0.1) is 0 Å². The summed E-state index contributed by atoms with van der Waals surface area (Å²) in [6, 6.07) is 9.96. The highest BCUT2D eigenvalue weighted by Gasteiger charge is 2.15. The third kappa shape index (κ3) is 5.77. The summed E-state index contributed by atoms with van der Waals surface area (Å²) in [5.74, 6) is -1.90. The van der Waals surface area contributed by atoms with Crippen molar-refractivity contribution in [3.8, 4) is 5.75 Å². The maximum Gasteiger partial charge on any atom is 0.254 e. The van der Waals surface area contributed by atoms with Crippen molar-refractivity contribution in [3.05, 3.63) is 65.2 Å². The average molecular weight is 376 g/mol. The standard InChI is InChI=1S/C20H22F2N2O3/c1-3-18(13-4-7-15(27-2)8-5-13)24-19(25)10-11-23-20(26)16-9-6-14(21)12-17(16)22/h4-9,12,18H,3,10-11H2,1-2H3,(H,23,26)(H,24,25). The quantitative estimate of drug-likeness (QED) is 0.742. The van der Waals surface area contributed by atoms with Gasteiger partial charge in [0.1, 0.15) is 17.4 Å². The van der Waals surface area contributed by atoms with E-state index in [1.54, 1.807) is 7.11 Å². The molecule has 1 atom stereocenters. The lowest BCUT2D eigenvalue weighted by Gasteiger charge is -2.18. The maximum absolute atomic E-state index is 13.6. The molecule has 2 aromatic carbocycles. The number of carbonyl (C=O) groups excluding carboxylic acids is 2. The van der Waals surface area contributed by atoms with Crippen LogP contribution in [-0.4, -0.2) is 25.5 Å². The summed E-state index contributed by atoms with van der Waals surface area (Å²) in [6.45, 7) is 1.99. The molecule has 27 heavy (non-hydrogen) atoms. The number of hydrogen-bond donors (Lipinski definition) is 2. The van der Waals surface area contributed by atoms with Gasteiger partial charge in [-0.2, -0.15) is 0 Å². The summed E-state index contributed by atoms with van der Waals surface area (Å²) in [6.07, 6.45) is 0.742. The van der Waals surface area contributed by atoms with E-state index < -0.39 is 17.5 Å². The molecule has 5 nitrogen and oxygen atoms in total. The highest BCUT2D eigenvalue weighted by atomic mass is 19.1. The van der Waals surface area contributed by atoms with E-state index in [4.69, 9.17) is 4.74 Å². The van der Waals surface area contributed by atoms with Gasteiger partial charge in [0.2, 0.25) is 5.91 Å². The zero-order valence-electron chi connectivity index (χ0n) is 15.2. The monoisotopic (exact) mass is 376 g/mol. The lowest BCUT2D eigenvalue weighted by atomic mass is 10.0. The van der Waals surface area contributed by atoms with Crippen LogP contribution in [-0.2, 0) is 4.79 Å². The van der Waals surface area contributed by atoms with Crippen LogP contribution in [0, 0.1) is 11.6 Å². The molecule has 0 fully saturated rings. The van der Waals surface area contributed by atoms with Crippen molar-refractivity contribution in [3.63, 3.8) is 0 Å². The molecule has 1 unspecified atom stereocenters. The molecule has 0 radical (unpaired) electrons. The minimum Gasteiger partial charge on any atom is -0.497 e. The Kier molecular flexibility index (Phi) is 7.28.